The Bertz CT molecular complexity index is 505. The topological polar surface area (TPSA) is 59.5 Å². The molecule has 0 aromatic carbocycles. The SMILES string of the molecule is CCC(C)N(CC)c1nc(N)cn2ccnc12. The highest BCUT2D eigenvalue weighted by atomic mass is 15.2. The Balaban J connectivity index is 2.55. The van der Waals surface area contributed by atoms with Crippen LogP contribution in [0.15, 0.2) is 18.6 Å². The van der Waals surface area contributed by atoms with Crippen LogP contribution in [0, 0.1) is 0 Å². The van der Waals surface area contributed by atoms with Crippen molar-refractivity contribution in [2.45, 2.75) is 33.2 Å². The molecule has 2 heterocycles. The van der Waals surface area contributed by atoms with Crippen LogP contribution in [0.2, 0.25) is 0 Å². The lowest BCUT2D eigenvalue weighted by Gasteiger charge is -2.28. The molecule has 0 bridgehead atoms. The minimum atomic E-state index is 0.426. The molecule has 0 saturated carbocycles. The largest absolute Gasteiger partial charge is 0.382 e. The Labute approximate surface area is 101 Å². The zero-order valence-electron chi connectivity index (χ0n) is 10.6. The number of aromatic nitrogens is 3. The molecule has 1 atom stereocenters. The van der Waals surface area contributed by atoms with Crippen LogP contribution in [-0.4, -0.2) is 27.0 Å². The maximum atomic E-state index is 5.83. The number of fused-ring (bicyclic) bond motifs is 1. The van der Waals surface area contributed by atoms with Gasteiger partial charge in [0.15, 0.2) is 11.5 Å². The van der Waals surface area contributed by atoms with Gasteiger partial charge < -0.3 is 15.0 Å². The van der Waals surface area contributed by atoms with Crippen LogP contribution in [0.25, 0.3) is 5.65 Å². The van der Waals surface area contributed by atoms with E-state index in [1.165, 1.54) is 0 Å². The number of nitrogens with zero attached hydrogens (tertiary/aromatic N) is 4. The van der Waals surface area contributed by atoms with Gasteiger partial charge in [-0.2, -0.15) is 0 Å². The number of hydrogen-bond donors (Lipinski definition) is 1. The molecule has 2 N–H and O–H groups in total. The average Bonchev–Trinajstić information content (AvgIpc) is 2.77. The number of rotatable bonds is 4. The zero-order valence-corrected chi connectivity index (χ0v) is 10.6. The van der Waals surface area contributed by atoms with Crippen LogP contribution in [0.4, 0.5) is 11.6 Å². The first kappa shape index (κ1) is 11.7. The summed E-state index contributed by atoms with van der Waals surface area (Å²) in [5.41, 5.74) is 6.69. The van der Waals surface area contributed by atoms with E-state index in [-0.39, 0.29) is 0 Å². The van der Waals surface area contributed by atoms with E-state index >= 15 is 0 Å². The summed E-state index contributed by atoms with van der Waals surface area (Å²) in [7, 11) is 0. The molecule has 0 aliphatic carbocycles. The summed E-state index contributed by atoms with van der Waals surface area (Å²) >= 11 is 0. The maximum Gasteiger partial charge on any atom is 0.180 e. The predicted molar refractivity (Wildman–Crippen MR) is 70.2 cm³/mol. The summed E-state index contributed by atoms with van der Waals surface area (Å²) in [6, 6.07) is 0.426. The van der Waals surface area contributed by atoms with Crippen molar-refractivity contribution in [3.63, 3.8) is 0 Å². The van der Waals surface area contributed by atoms with Crippen molar-refractivity contribution in [3.05, 3.63) is 18.6 Å². The fourth-order valence-electron chi connectivity index (χ4n) is 2.02. The molecule has 2 aromatic heterocycles. The van der Waals surface area contributed by atoms with Crippen molar-refractivity contribution in [2.75, 3.05) is 17.2 Å². The van der Waals surface area contributed by atoms with Crippen molar-refractivity contribution >= 4 is 17.3 Å². The van der Waals surface area contributed by atoms with Crippen LogP contribution >= 0.6 is 0 Å². The molecule has 0 aliphatic rings. The molecule has 0 aliphatic heterocycles. The zero-order chi connectivity index (χ0) is 12.4. The van der Waals surface area contributed by atoms with Gasteiger partial charge in [-0.1, -0.05) is 6.92 Å². The summed E-state index contributed by atoms with van der Waals surface area (Å²) in [5.74, 6) is 1.39. The van der Waals surface area contributed by atoms with Crippen LogP contribution < -0.4 is 10.6 Å². The third kappa shape index (κ3) is 2.05. The minimum absolute atomic E-state index is 0.426. The lowest BCUT2D eigenvalue weighted by molar-refractivity contribution is 0.624. The first-order chi connectivity index (χ1) is 8.17. The van der Waals surface area contributed by atoms with Gasteiger partial charge in [0.1, 0.15) is 5.82 Å². The number of hydrogen-bond acceptors (Lipinski definition) is 4. The summed E-state index contributed by atoms with van der Waals surface area (Å²) in [6.07, 6.45) is 6.51. The summed E-state index contributed by atoms with van der Waals surface area (Å²) < 4.78 is 1.92. The third-order valence-electron chi connectivity index (χ3n) is 3.11. The number of imidazole rings is 1. The number of nitrogen functional groups attached to an aromatic ring is 1. The second-order valence-corrected chi connectivity index (χ2v) is 4.19. The van der Waals surface area contributed by atoms with Gasteiger partial charge in [-0.15, -0.1) is 0 Å². The quantitative estimate of drug-likeness (QED) is 0.876. The van der Waals surface area contributed by atoms with Gasteiger partial charge in [-0.3, -0.25) is 0 Å². The van der Waals surface area contributed by atoms with E-state index in [1.807, 2.05) is 10.6 Å². The number of anilines is 2. The lowest BCUT2D eigenvalue weighted by Crippen LogP contribution is -2.33. The van der Waals surface area contributed by atoms with E-state index in [9.17, 15) is 0 Å². The normalized spacial score (nSPS) is 12.9. The van der Waals surface area contributed by atoms with Crippen molar-refractivity contribution in [3.8, 4) is 0 Å². The number of nitrogens with two attached hydrogens (primary N) is 1. The monoisotopic (exact) mass is 233 g/mol. The molecule has 2 aromatic rings. The molecule has 1 unspecified atom stereocenters. The molecular formula is C12H19N5. The molecule has 0 amide bonds. The fourth-order valence-corrected chi connectivity index (χ4v) is 2.02. The highest BCUT2D eigenvalue weighted by Gasteiger charge is 2.17. The first-order valence-corrected chi connectivity index (χ1v) is 6.03. The van der Waals surface area contributed by atoms with E-state index in [0.717, 1.165) is 24.4 Å². The lowest BCUT2D eigenvalue weighted by atomic mass is 10.2. The average molecular weight is 233 g/mol. The molecule has 5 heteroatoms. The second-order valence-electron chi connectivity index (χ2n) is 4.19. The Morgan fingerprint density at radius 1 is 1.47 bits per heavy atom. The van der Waals surface area contributed by atoms with Gasteiger partial charge in [0.05, 0.1) is 6.20 Å². The van der Waals surface area contributed by atoms with Crippen LogP contribution in [0.5, 0.6) is 0 Å². The van der Waals surface area contributed by atoms with Crippen molar-refractivity contribution in [2.24, 2.45) is 0 Å². The Hall–Kier alpha value is -1.78. The van der Waals surface area contributed by atoms with Crippen LogP contribution in [-0.2, 0) is 0 Å². The smallest absolute Gasteiger partial charge is 0.180 e. The first-order valence-electron chi connectivity index (χ1n) is 6.03. The van der Waals surface area contributed by atoms with Crippen molar-refractivity contribution < 1.29 is 0 Å². The Kier molecular flexibility index (Phi) is 3.17. The molecule has 0 radical (unpaired) electrons. The highest BCUT2D eigenvalue weighted by molar-refractivity contribution is 5.66. The standard InChI is InChI=1S/C12H19N5/c1-4-9(3)17(5-2)12-11-14-6-7-16(11)8-10(13)15-12/h6-9H,4-5,13H2,1-3H3. The third-order valence-corrected chi connectivity index (χ3v) is 3.11. The fraction of sp³-hybridized carbons (Fsp3) is 0.500. The van der Waals surface area contributed by atoms with Crippen LogP contribution in [0.1, 0.15) is 27.2 Å². The molecule has 5 nitrogen and oxygen atoms in total. The Morgan fingerprint density at radius 2 is 2.24 bits per heavy atom. The van der Waals surface area contributed by atoms with E-state index in [1.54, 1.807) is 12.4 Å². The molecule has 92 valence electrons. The van der Waals surface area contributed by atoms with Crippen molar-refractivity contribution in [1.29, 1.82) is 0 Å². The molecule has 0 saturated heterocycles. The van der Waals surface area contributed by atoms with E-state index in [0.29, 0.717) is 11.9 Å². The predicted octanol–water partition coefficient (Wildman–Crippen LogP) is 1.94. The molecule has 17 heavy (non-hydrogen) atoms. The molecular weight excluding hydrogens is 214 g/mol. The molecule has 0 fully saturated rings. The molecule has 0 spiro atoms. The maximum absolute atomic E-state index is 5.83. The van der Waals surface area contributed by atoms with Gasteiger partial charge in [-0.25, -0.2) is 9.97 Å². The van der Waals surface area contributed by atoms with Gasteiger partial charge >= 0.3 is 0 Å². The highest BCUT2D eigenvalue weighted by Crippen LogP contribution is 2.22. The second kappa shape index (κ2) is 4.61. The van der Waals surface area contributed by atoms with Gasteiger partial charge in [0.25, 0.3) is 0 Å². The minimum Gasteiger partial charge on any atom is -0.382 e. The van der Waals surface area contributed by atoms with E-state index in [2.05, 4.69) is 35.6 Å². The summed E-state index contributed by atoms with van der Waals surface area (Å²) in [5, 5.41) is 0. The van der Waals surface area contributed by atoms with Crippen molar-refractivity contribution in [1.82, 2.24) is 14.4 Å². The van der Waals surface area contributed by atoms with E-state index < -0.39 is 0 Å². The molecule has 2 rings (SSSR count). The van der Waals surface area contributed by atoms with Crippen LogP contribution in [0.3, 0.4) is 0 Å². The summed E-state index contributed by atoms with van der Waals surface area (Å²) in [6.45, 7) is 7.38. The van der Waals surface area contributed by atoms with Gasteiger partial charge in [0, 0.05) is 25.0 Å². The van der Waals surface area contributed by atoms with Gasteiger partial charge in [0.2, 0.25) is 0 Å². The summed E-state index contributed by atoms with van der Waals surface area (Å²) in [4.78, 5) is 11.0. The van der Waals surface area contributed by atoms with Gasteiger partial charge in [-0.05, 0) is 20.3 Å². The Morgan fingerprint density at radius 3 is 2.88 bits per heavy atom. The van der Waals surface area contributed by atoms with E-state index in [4.69, 9.17) is 5.73 Å².